The van der Waals surface area contributed by atoms with Crippen molar-refractivity contribution >= 4 is 34.4 Å². The maximum absolute atomic E-state index is 11.3. The van der Waals surface area contributed by atoms with Crippen molar-refractivity contribution in [3.63, 3.8) is 0 Å². The Bertz CT molecular complexity index is 690. The van der Waals surface area contributed by atoms with E-state index in [2.05, 4.69) is 26.8 Å². The number of pyridine rings is 1. The number of carboxylic acid groups (broad SMARTS) is 1. The lowest BCUT2D eigenvalue weighted by Gasteiger charge is -2.16. The first kappa shape index (κ1) is 15.2. The number of hydrogen-bond donors (Lipinski definition) is 2. The fourth-order valence-electron chi connectivity index (χ4n) is 1.85. The number of nitrogens with one attached hydrogen (secondary N) is 1. The molecule has 2 rings (SSSR count). The lowest BCUT2D eigenvalue weighted by atomic mass is 10.1. The van der Waals surface area contributed by atoms with Crippen LogP contribution in [0.4, 0.5) is 5.82 Å². The van der Waals surface area contributed by atoms with Crippen LogP contribution in [-0.4, -0.2) is 32.1 Å². The third kappa shape index (κ3) is 3.88. The summed E-state index contributed by atoms with van der Waals surface area (Å²) in [5.74, 6) is -0.644. The minimum Gasteiger partial charge on any atom is -0.480 e. The van der Waals surface area contributed by atoms with Crippen molar-refractivity contribution in [1.82, 2.24) is 15.0 Å². The quantitative estimate of drug-likeness (QED) is 0.630. The second-order valence-corrected chi connectivity index (χ2v) is 5.08. The van der Waals surface area contributed by atoms with Crippen LogP contribution in [0.1, 0.15) is 19.8 Å². The van der Waals surface area contributed by atoms with Crippen molar-refractivity contribution in [2.45, 2.75) is 25.8 Å². The van der Waals surface area contributed by atoms with Crippen LogP contribution in [0.5, 0.6) is 0 Å². The third-order valence-electron chi connectivity index (χ3n) is 2.90. The van der Waals surface area contributed by atoms with Crippen molar-refractivity contribution in [3.05, 3.63) is 35.8 Å². The Morgan fingerprint density at radius 1 is 1.52 bits per heavy atom. The maximum atomic E-state index is 11.3. The molecule has 0 fully saturated rings. The average molecular weight is 307 g/mol. The zero-order valence-electron chi connectivity index (χ0n) is 11.5. The first-order valence-corrected chi connectivity index (χ1v) is 6.77. The second kappa shape index (κ2) is 6.49. The van der Waals surface area contributed by atoms with Gasteiger partial charge in [0.15, 0.2) is 5.82 Å². The second-order valence-electron chi connectivity index (χ2n) is 4.74. The predicted octanol–water partition coefficient (Wildman–Crippen LogP) is 2.90. The van der Waals surface area contributed by atoms with Crippen LogP contribution >= 0.6 is 11.6 Å². The maximum Gasteiger partial charge on any atom is 0.326 e. The van der Waals surface area contributed by atoms with Gasteiger partial charge >= 0.3 is 5.97 Å². The highest BCUT2D eigenvalue weighted by atomic mass is 35.5. The number of halogens is 1. The number of carboxylic acids is 1. The van der Waals surface area contributed by atoms with Crippen LogP contribution in [0.25, 0.3) is 11.0 Å². The fraction of sp³-hybridized carbons (Fsp3) is 0.286. The highest BCUT2D eigenvalue weighted by Crippen LogP contribution is 2.21. The lowest BCUT2D eigenvalue weighted by molar-refractivity contribution is -0.138. The smallest absolute Gasteiger partial charge is 0.326 e. The Morgan fingerprint density at radius 3 is 2.95 bits per heavy atom. The summed E-state index contributed by atoms with van der Waals surface area (Å²) in [5.41, 5.74) is 1.97. The van der Waals surface area contributed by atoms with E-state index in [1.54, 1.807) is 18.3 Å². The molecule has 0 aliphatic rings. The SMILES string of the molecule is C=C(C)CC[C@@H](Nc1nc(Cl)nc2cccnc12)C(=O)O. The molecule has 2 aromatic heterocycles. The van der Waals surface area contributed by atoms with Gasteiger partial charge in [-0.2, -0.15) is 4.98 Å². The normalized spacial score (nSPS) is 12.1. The molecule has 21 heavy (non-hydrogen) atoms. The van der Waals surface area contributed by atoms with Gasteiger partial charge in [-0.3, -0.25) is 4.98 Å². The Balaban J connectivity index is 2.32. The molecule has 0 radical (unpaired) electrons. The molecule has 0 aromatic carbocycles. The van der Waals surface area contributed by atoms with Gasteiger partial charge in [0.1, 0.15) is 11.6 Å². The van der Waals surface area contributed by atoms with Gasteiger partial charge in [0.05, 0.1) is 5.52 Å². The summed E-state index contributed by atoms with van der Waals surface area (Å²) >= 11 is 5.86. The third-order valence-corrected chi connectivity index (χ3v) is 3.07. The standard InChI is InChI=1S/C14H15ClN4O2/c1-8(2)5-6-10(13(20)21)17-12-11-9(4-3-7-16-11)18-14(15)19-12/h3-4,7,10H,1,5-6H2,2H3,(H,20,21)(H,17,18,19)/t10-/m1/s1. The summed E-state index contributed by atoms with van der Waals surface area (Å²) in [6, 6.07) is 2.67. The lowest BCUT2D eigenvalue weighted by Crippen LogP contribution is -2.30. The Hall–Kier alpha value is -2.21. The predicted molar refractivity (Wildman–Crippen MR) is 81.4 cm³/mol. The summed E-state index contributed by atoms with van der Waals surface area (Å²) in [6.45, 7) is 5.64. The fourth-order valence-corrected chi connectivity index (χ4v) is 2.03. The largest absolute Gasteiger partial charge is 0.480 e. The van der Waals surface area contributed by atoms with Crippen LogP contribution in [0.15, 0.2) is 30.5 Å². The van der Waals surface area contributed by atoms with Crippen molar-refractivity contribution in [2.75, 3.05) is 5.32 Å². The average Bonchev–Trinajstić information content (AvgIpc) is 2.42. The Kier molecular flexibility index (Phi) is 4.70. The van der Waals surface area contributed by atoms with Crippen molar-refractivity contribution < 1.29 is 9.90 Å². The van der Waals surface area contributed by atoms with E-state index in [1.807, 2.05) is 6.92 Å². The van der Waals surface area contributed by atoms with E-state index in [1.165, 1.54) is 0 Å². The van der Waals surface area contributed by atoms with Gasteiger partial charge in [-0.1, -0.05) is 5.57 Å². The molecule has 0 aliphatic carbocycles. The van der Waals surface area contributed by atoms with E-state index in [4.69, 9.17) is 11.6 Å². The summed E-state index contributed by atoms with van der Waals surface area (Å²) in [4.78, 5) is 23.6. The highest BCUT2D eigenvalue weighted by Gasteiger charge is 2.19. The molecule has 1 atom stereocenters. The molecule has 2 aromatic rings. The van der Waals surface area contributed by atoms with E-state index in [9.17, 15) is 9.90 Å². The number of allylic oxidation sites excluding steroid dienone is 1. The first-order chi connectivity index (χ1) is 9.97. The molecule has 2 heterocycles. The van der Waals surface area contributed by atoms with Crippen LogP contribution in [-0.2, 0) is 4.79 Å². The Labute approximate surface area is 126 Å². The summed E-state index contributed by atoms with van der Waals surface area (Å²) in [6.07, 6.45) is 2.60. The van der Waals surface area contributed by atoms with Crippen LogP contribution in [0, 0.1) is 0 Å². The molecule has 6 nitrogen and oxygen atoms in total. The van der Waals surface area contributed by atoms with Crippen molar-refractivity contribution in [1.29, 1.82) is 0 Å². The molecule has 0 amide bonds. The van der Waals surface area contributed by atoms with E-state index in [-0.39, 0.29) is 5.28 Å². The van der Waals surface area contributed by atoms with Crippen molar-refractivity contribution in [3.8, 4) is 0 Å². The molecule has 7 heteroatoms. The summed E-state index contributed by atoms with van der Waals surface area (Å²) in [7, 11) is 0. The molecular formula is C14H15ClN4O2. The molecule has 0 saturated carbocycles. The number of rotatable bonds is 6. The molecule has 0 saturated heterocycles. The van der Waals surface area contributed by atoms with Crippen molar-refractivity contribution in [2.24, 2.45) is 0 Å². The monoisotopic (exact) mass is 306 g/mol. The van der Waals surface area contributed by atoms with E-state index >= 15 is 0 Å². The van der Waals surface area contributed by atoms with Gasteiger partial charge < -0.3 is 10.4 Å². The zero-order chi connectivity index (χ0) is 15.4. The number of aromatic nitrogens is 3. The first-order valence-electron chi connectivity index (χ1n) is 6.39. The van der Waals surface area contributed by atoms with E-state index < -0.39 is 12.0 Å². The van der Waals surface area contributed by atoms with Crippen LogP contribution in [0.2, 0.25) is 5.28 Å². The molecule has 0 bridgehead atoms. The minimum absolute atomic E-state index is 0.0436. The molecule has 0 unspecified atom stereocenters. The minimum atomic E-state index is -0.963. The number of aliphatic carboxylic acids is 1. The topological polar surface area (TPSA) is 88.0 Å². The molecular weight excluding hydrogens is 292 g/mol. The molecule has 2 N–H and O–H groups in total. The molecule has 110 valence electrons. The van der Waals surface area contributed by atoms with Gasteiger partial charge in [0, 0.05) is 6.20 Å². The summed E-state index contributed by atoms with van der Waals surface area (Å²) < 4.78 is 0. The van der Waals surface area contributed by atoms with E-state index in [0.717, 1.165) is 5.57 Å². The number of fused-ring (bicyclic) bond motifs is 1. The number of hydrogen-bond acceptors (Lipinski definition) is 5. The number of carbonyl (C=O) groups is 1. The number of nitrogens with zero attached hydrogens (tertiary/aromatic N) is 3. The van der Waals surface area contributed by atoms with Crippen LogP contribution in [0.3, 0.4) is 0 Å². The number of anilines is 1. The van der Waals surface area contributed by atoms with Crippen LogP contribution < -0.4 is 5.32 Å². The molecule has 0 aliphatic heterocycles. The highest BCUT2D eigenvalue weighted by molar-refractivity contribution is 6.28. The van der Waals surface area contributed by atoms with Gasteiger partial charge in [-0.25, -0.2) is 9.78 Å². The van der Waals surface area contributed by atoms with Gasteiger partial charge in [-0.05, 0) is 43.5 Å². The van der Waals surface area contributed by atoms with Gasteiger partial charge in [0.25, 0.3) is 0 Å². The van der Waals surface area contributed by atoms with Gasteiger partial charge in [0.2, 0.25) is 5.28 Å². The van der Waals surface area contributed by atoms with Gasteiger partial charge in [-0.15, -0.1) is 6.58 Å². The summed E-state index contributed by atoms with van der Waals surface area (Å²) in [5, 5.41) is 12.2. The Morgan fingerprint density at radius 2 is 2.29 bits per heavy atom. The molecule has 0 spiro atoms. The van der Waals surface area contributed by atoms with E-state index in [0.29, 0.717) is 29.7 Å². The zero-order valence-corrected chi connectivity index (χ0v) is 12.3.